The van der Waals surface area contributed by atoms with Crippen molar-refractivity contribution >= 4 is 15.6 Å². The van der Waals surface area contributed by atoms with E-state index in [1.807, 2.05) is 6.92 Å². The van der Waals surface area contributed by atoms with Gasteiger partial charge in [-0.2, -0.15) is 0 Å². The topological polar surface area (TPSA) is 81.1 Å². The first-order valence-electron chi connectivity index (χ1n) is 6.00. The predicted octanol–water partition coefficient (Wildman–Crippen LogP) is -0.138. The van der Waals surface area contributed by atoms with Crippen molar-refractivity contribution in [2.24, 2.45) is 0 Å². The molecule has 1 aliphatic heterocycles. The smallest absolute Gasteiger partial charge is 0.199 e. The van der Waals surface area contributed by atoms with Gasteiger partial charge in [0.05, 0.1) is 11.5 Å². The number of hydrogen-bond donors (Lipinski definition) is 1. The van der Waals surface area contributed by atoms with Gasteiger partial charge in [-0.05, 0) is 6.92 Å². The van der Waals surface area contributed by atoms with Crippen LogP contribution in [-0.2, 0) is 16.4 Å². The highest BCUT2D eigenvalue weighted by molar-refractivity contribution is 7.91. The second-order valence-electron chi connectivity index (χ2n) is 4.43. The summed E-state index contributed by atoms with van der Waals surface area (Å²) in [6, 6.07) is -0.293. The van der Waals surface area contributed by atoms with Gasteiger partial charge in [-0.1, -0.05) is 0 Å². The molecule has 1 aliphatic rings. The molecule has 1 aromatic heterocycles. The van der Waals surface area contributed by atoms with Crippen LogP contribution in [0.3, 0.4) is 0 Å². The molecule has 0 saturated carbocycles. The number of imidazole rings is 1. The molecule has 1 atom stereocenters. The van der Waals surface area contributed by atoms with Crippen molar-refractivity contribution in [1.29, 1.82) is 0 Å². The molecule has 2 heterocycles. The molecule has 7 heteroatoms. The van der Waals surface area contributed by atoms with Gasteiger partial charge in [-0.25, -0.2) is 13.4 Å². The maximum atomic E-state index is 12.0. The van der Waals surface area contributed by atoms with Crippen molar-refractivity contribution in [3.63, 3.8) is 0 Å². The molecule has 0 spiro atoms. The van der Waals surface area contributed by atoms with Gasteiger partial charge in [0.15, 0.2) is 21.4 Å². The Hall–Kier alpha value is -1.21. The minimum atomic E-state index is -3.00. The number of aryl methyl sites for hydroxylation is 1. The quantitative estimate of drug-likeness (QED) is 0.771. The highest BCUT2D eigenvalue weighted by atomic mass is 32.2. The summed E-state index contributed by atoms with van der Waals surface area (Å²) < 4.78 is 24.7. The van der Waals surface area contributed by atoms with Gasteiger partial charge in [-0.15, -0.1) is 0 Å². The number of carbonyl (C=O) groups excluding carboxylic acids is 1. The first kappa shape index (κ1) is 13.2. The van der Waals surface area contributed by atoms with Crippen LogP contribution >= 0.6 is 0 Å². The van der Waals surface area contributed by atoms with Gasteiger partial charge >= 0.3 is 0 Å². The lowest BCUT2D eigenvalue weighted by molar-refractivity contribution is 0.0957. The Morgan fingerprint density at radius 3 is 3.06 bits per heavy atom. The van der Waals surface area contributed by atoms with Gasteiger partial charge in [0, 0.05) is 37.9 Å². The van der Waals surface area contributed by atoms with Crippen LogP contribution in [0.25, 0.3) is 0 Å². The lowest BCUT2D eigenvalue weighted by atomic mass is 10.1. The number of ketones is 1. The summed E-state index contributed by atoms with van der Waals surface area (Å²) in [5, 5.41) is 3.07. The highest BCUT2D eigenvalue weighted by Gasteiger charge is 2.27. The molecule has 0 aromatic carbocycles. The summed E-state index contributed by atoms with van der Waals surface area (Å²) in [6.45, 7) is 3.03. The molecule has 0 amide bonds. The number of sulfone groups is 1. The fourth-order valence-corrected chi connectivity index (χ4v) is 3.57. The predicted molar refractivity (Wildman–Crippen MR) is 67.3 cm³/mol. The molecule has 100 valence electrons. The van der Waals surface area contributed by atoms with Gasteiger partial charge in [0.1, 0.15) is 0 Å². The monoisotopic (exact) mass is 271 g/mol. The number of nitrogens with zero attached hydrogens (tertiary/aromatic N) is 2. The van der Waals surface area contributed by atoms with E-state index in [9.17, 15) is 13.2 Å². The Bertz CT molecular complexity index is 535. The van der Waals surface area contributed by atoms with E-state index < -0.39 is 9.84 Å². The van der Waals surface area contributed by atoms with Crippen molar-refractivity contribution in [3.8, 4) is 0 Å². The van der Waals surface area contributed by atoms with E-state index in [-0.39, 0.29) is 29.8 Å². The van der Waals surface area contributed by atoms with Crippen LogP contribution in [0.15, 0.2) is 12.4 Å². The lowest BCUT2D eigenvalue weighted by Gasteiger charge is -2.22. The minimum Gasteiger partial charge on any atom is -0.329 e. The van der Waals surface area contributed by atoms with Crippen molar-refractivity contribution in [2.75, 3.05) is 18.1 Å². The Morgan fingerprint density at radius 2 is 2.39 bits per heavy atom. The van der Waals surface area contributed by atoms with Crippen LogP contribution in [0, 0.1) is 0 Å². The van der Waals surface area contributed by atoms with Gasteiger partial charge < -0.3 is 9.88 Å². The average Bonchev–Trinajstić information content (AvgIpc) is 2.75. The molecule has 0 aliphatic carbocycles. The van der Waals surface area contributed by atoms with Crippen LogP contribution in [0.5, 0.6) is 0 Å². The van der Waals surface area contributed by atoms with Crippen LogP contribution < -0.4 is 5.32 Å². The zero-order chi connectivity index (χ0) is 13.2. The van der Waals surface area contributed by atoms with Crippen LogP contribution in [0.4, 0.5) is 0 Å². The van der Waals surface area contributed by atoms with Gasteiger partial charge in [0.2, 0.25) is 0 Å². The third-order valence-electron chi connectivity index (χ3n) is 3.04. The Kier molecular flexibility index (Phi) is 3.82. The van der Waals surface area contributed by atoms with Crippen LogP contribution in [0.1, 0.15) is 24.0 Å². The van der Waals surface area contributed by atoms with Crippen LogP contribution in [0.2, 0.25) is 0 Å². The molecule has 6 nitrogen and oxygen atoms in total. The van der Waals surface area contributed by atoms with Crippen LogP contribution in [-0.4, -0.2) is 47.8 Å². The number of rotatable bonds is 4. The minimum absolute atomic E-state index is 0.0333. The van der Waals surface area contributed by atoms with E-state index in [1.165, 1.54) is 0 Å². The SMILES string of the molecule is CCn1ccnc1C(=O)CC1CS(=O)(=O)CCN1. The molecule has 1 fully saturated rings. The van der Waals surface area contributed by atoms with Crippen molar-refractivity contribution in [3.05, 3.63) is 18.2 Å². The number of nitrogens with one attached hydrogen (secondary N) is 1. The van der Waals surface area contributed by atoms with Crippen molar-refractivity contribution in [2.45, 2.75) is 25.9 Å². The molecule has 18 heavy (non-hydrogen) atoms. The zero-order valence-corrected chi connectivity index (χ0v) is 11.1. The van der Waals surface area contributed by atoms with E-state index in [4.69, 9.17) is 0 Å². The molecule has 1 aromatic rings. The lowest BCUT2D eigenvalue weighted by Crippen LogP contribution is -2.46. The summed E-state index contributed by atoms with van der Waals surface area (Å²) in [5.41, 5.74) is 0. The van der Waals surface area contributed by atoms with E-state index in [1.54, 1.807) is 17.0 Å². The normalized spacial score (nSPS) is 22.8. The fourth-order valence-electron chi connectivity index (χ4n) is 2.13. The van der Waals surface area contributed by atoms with E-state index in [0.29, 0.717) is 18.9 Å². The van der Waals surface area contributed by atoms with Crippen molar-refractivity contribution < 1.29 is 13.2 Å². The summed E-state index contributed by atoms with van der Waals surface area (Å²) >= 11 is 0. The molecule has 0 bridgehead atoms. The summed E-state index contributed by atoms with van der Waals surface area (Å²) in [5.74, 6) is 0.478. The number of carbonyl (C=O) groups is 1. The third-order valence-corrected chi connectivity index (χ3v) is 4.77. The second kappa shape index (κ2) is 5.19. The number of hydrogen-bond acceptors (Lipinski definition) is 5. The molecule has 1 unspecified atom stereocenters. The van der Waals surface area contributed by atoms with E-state index in [0.717, 1.165) is 0 Å². The summed E-state index contributed by atoms with van der Waals surface area (Å²) in [7, 11) is -3.00. The fraction of sp³-hybridized carbons (Fsp3) is 0.636. The zero-order valence-electron chi connectivity index (χ0n) is 10.3. The number of Topliss-reactive ketones (excluding diaryl/α,β-unsaturated/α-hetero) is 1. The Morgan fingerprint density at radius 1 is 1.61 bits per heavy atom. The first-order chi connectivity index (χ1) is 8.52. The molecule has 1 N–H and O–H groups in total. The summed E-state index contributed by atoms with van der Waals surface area (Å²) in [4.78, 5) is 16.1. The Balaban J connectivity index is 2.04. The molecular weight excluding hydrogens is 254 g/mol. The maximum Gasteiger partial charge on any atom is 0.199 e. The third kappa shape index (κ3) is 2.97. The molecular formula is C11H17N3O3S. The maximum absolute atomic E-state index is 12.0. The van der Waals surface area contributed by atoms with Gasteiger partial charge in [-0.3, -0.25) is 4.79 Å². The van der Waals surface area contributed by atoms with E-state index >= 15 is 0 Å². The average molecular weight is 271 g/mol. The molecule has 1 saturated heterocycles. The number of aromatic nitrogens is 2. The Labute approximate surface area is 106 Å². The van der Waals surface area contributed by atoms with Gasteiger partial charge in [0.25, 0.3) is 0 Å². The largest absolute Gasteiger partial charge is 0.329 e. The molecule has 0 radical (unpaired) electrons. The highest BCUT2D eigenvalue weighted by Crippen LogP contribution is 2.09. The molecule has 2 rings (SSSR count). The standard InChI is InChI=1S/C11H17N3O3S/c1-2-14-5-3-13-11(14)10(15)7-9-8-18(16,17)6-4-12-9/h3,5,9,12H,2,4,6-8H2,1H3. The second-order valence-corrected chi connectivity index (χ2v) is 6.66. The first-order valence-corrected chi connectivity index (χ1v) is 7.82. The van der Waals surface area contributed by atoms with Crippen molar-refractivity contribution in [1.82, 2.24) is 14.9 Å². The summed E-state index contributed by atoms with van der Waals surface area (Å²) in [6.07, 6.45) is 3.51. The van der Waals surface area contributed by atoms with E-state index in [2.05, 4.69) is 10.3 Å².